The van der Waals surface area contributed by atoms with Gasteiger partial charge >= 0.3 is 0 Å². The molecule has 0 saturated heterocycles. The van der Waals surface area contributed by atoms with E-state index in [0.29, 0.717) is 11.5 Å². The van der Waals surface area contributed by atoms with Gasteiger partial charge < -0.3 is 11.1 Å². The number of nitrogens with two attached hydrogens (primary N) is 1. The van der Waals surface area contributed by atoms with E-state index < -0.39 is 0 Å². The molecule has 2 nitrogen and oxygen atoms in total. The molecule has 1 fully saturated rings. The van der Waals surface area contributed by atoms with Gasteiger partial charge in [0.05, 0.1) is 0 Å². The highest BCUT2D eigenvalue weighted by Gasteiger charge is 2.31. The molecule has 1 rings (SSSR count). The highest BCUT2D eigenvalue weighted by molar-refractivity contribution is 4.85. The lowest BCUT2D eigenvalue weighted by Crippen LogP contribution is -2.34. The van der Waals surface area contributed by atoms with Crippen molar-refractivity contribution >= 4 is 0 Å². The smallest absolute Gasteiger partial charge is 0.00225 e. The van der Waals surface area contributed by atoms with Crippen LogP contribution in [0.2, 0.25) is 0 Å². The molecule has 0 aromatic heterocycles. The van der Waals surface area contributed by atoms with Crippen molar-refractivity contribution in [3.8, 4) is 0 Å². The Morgan fingerprint density at radius 3 is 2.50 bits per heavy atom. The molecule has 1 aliphatic carbocycles. The van der Waals surface area contributed by atoms with Gasteiger partial charge in [-0.05, 0) is 44.6 Å². The summed E-state index contributed by atoms with van der Waals surface area (Å²) >= 11 is 0. The second-order valence-electron chi connectivity index (χ2n) is 5.00. The lowest BCUT2D eigenvalue weighted by molar-refractivity contribution is 0.268. The molecule has 0 amide bonds. The summed E-state index contributed by atoms with van der Waals surface area (Å²) in [6.45, 7) is 6.70. The standard InChI is InChI=1S/C12H26N2/c1-3-12(7-4-5-8-12)10-14-9-6-11(2)13/h11,14H,3-10,13H2,1-2H3. The Morgan fingerprint density at radius 1 is 1.36 bits per heavy atom. The molecule has 0 aliphatic heterocycles. The molecule has 1 saturated carbocycles. The van der Waals surface area contributed by atoms with E-state index in [1.54, 1.807) is 0 Å². The van der Waals surface area contributed by atoms with E-state index >= 15 is 0 Å². The Balaban J connectivity index is 2.15. The van der Waals surface area contributed by atoms with Crippen molar-refractivity contribution in [3.05, 3.63) is 0 Å². The molecule has 1 unspecified atom stereocenters. The van der Waals surface area contributed by atoms with Crippen molar-refractivity contribution in [3.63, 3.8) is 0 Å². The minimum absolute atomic E-state index is 0.337. The number of nitrogens with one attached hydrogen (secondary N) is 1. The van der Waals surface area contributed by atoms with Crippen LogP contribution in [-0.4, -0.2) is 19.1 Å². The first-order valence-electron chi connectivity index (χ1n) is 6.15. The molecular weight excluding hydrogens is 172 g/mol. The second-order valence-corrected chi connectivity index (χ2v) is 5.00. The van der Waals surface area contributed by atoms with Crippen LogP contribution < -0.4 is 11.1 Å². The summed E-state index contributed by atoms with van der Waals surface area (Å²) in [6.07, 6.45) is 8.15. The van der Waals surface area contributed by atoms with E-state index in [2.05, 4.69) is 19.2 Å². The van der Waals surface area contributed by atoms with Crippen LogP contribution >= 0.6 is 0 Å². The largest absolute Gasteiger partial charge is 0.328 e. The number of hydrogen-bond donors (Lipinski definition) is 2. The maximum atomic E-state index is 5.71. The van der Waals surface area contributed by atoms with E-state index in [1.807, 2.05) is 0 Å². The van der Waals surface area contributed by atoms with Gasteiger partial charge in [-0.1, -0.05) is 19.8 Å². The quantitative estimate of drug-likeness (QED) is 0.643. The van der Waals surface area contributed by atoms with Gasteiger partial charge in [0.25, 0.3) is 0 Å². The lowest BCUT2D eigenvalue weighted by Gasteiger charge is -2.28. The van der Waals surface area contributed by atoms with Crippen molar-refractivity contribution in [2.75, 3.05) is 13.1 Å². The summed E-state index contributed by atoms with van der Waals surface area (Å²) in [5, 5.41) is 3.57. The van der Waals surface area contributed by atoms with Crippen molar-refractivity contribution in [2.45, 2.75) is 58.4 Å². The van der Waals surface area contributed by atoms with Crippen LogP contribution in [0.4, 0.5) is 0 Å². The Kier molecular flexibility index (Phi) is 4.90. The first kappa shape index (κ1) is 12.0. The monoisotopic (exact) mass is 198 g/mol. The van der Waals surface area contributed by atoms with Crippen LogP contribution in [0.25, 0.3) is 0 Å². The number of hydrogen-bond acceptors (Lipinski definition) is 2. The first-order chi connectivity index (χ1) is 6.68. The van der Waals surface area contributed by atoms with Crippen LogP contribution in [-0.2, 0) is 0 Å². The van der Waals surface area contributed by atoms with E-state index in [4.69, 9.17) is 5.73 Å². The first-order valence-corrected chi connectivity index (χ1v) is 6.15. The molecule has 2 heteroatoms. The SMILES string of the molecule is CCC1(CNCCC(C)N)CCCC1. The van der Waals surface area contributed by atoms with E-state index in [9.17, 15) is 0 Å². The van der Waals surface area contributed by atoms with Crippen molar-refractivity contribution < 1.29 is 0 Å². The Bertz CT molecular complexity index is 148. The Hall–Kier alpha value is -0.0800. The maximum Gasteiger partial charge on any atom is 0.00225 e. The van der Waals surface area contributed by atoms with Gasteiger partial charge in [0.15, 0.2) is 0 Å². The fourth-order valence-corrected chi connectivity index (χ4v) is 2.46. The molecular formula is C12H26N2. The van der Waals surface area contributed by atoms with Crippen LogP contribution in [0, 0.1) is 5.41 Å². The van der Waals surface area contributed by atoms with Crippen LogP contribution in [0.15, 0.2) is 0 Å². The van der Waals surface area contributed by atoms with Gasteiger partial charge in [0, 0.05) is 12.6 Å². The van der Waals surface area contributed by atoms with Gasteiger partial charge in [-0.2, -0.15) is 0 Å². The molecule has 0 aromatic rings. The highest BCUT2D eigenvalue weighted by atomic mass is 14.9. The molecule has 0 radical (unpaired) electrons. The Labute approximate surface area is 88.6 Å². The summed E-state index contributed by atoms with van der Waals surface area (Å²) in [5.41, 5.74) is 6.33. The normalized spacial score (nSPS) is 22.5. The zero-order valence-electron chi connectivity index (χ0n) is 9.81. The molecule has 14 heavy (non-hydrogen) atoms. The van der Waals surface area contributed by atoms with Crippen molar-refractivity contribution in [1.82, 2.24) is 5.32 Å². The maximum absolute atomic E-state index is 5.71. The predicted octanol–water partition coefficient (Wildman–Crippen LogP) is 2.28. The summed E-state index contributed by atoms with van der Waals surface area (Å²) in [4.78, 5) is 0. The molecule has 84 valence electrons. The zero-order valence-corrected chi connectivity index (χ0v) is 9.81. The fourth-order valence-electron chi connectivity index (χ4n) is 2.46. The molecule has 0 spiro atoms. The van der Waals surface area contributed by atoms with Crippen LogP contribution in [0.3, 0.4) is 0 Å². The topological polar surface area (TPSA) is 38.0 Å². The van der Waals surface area contributed by atoms with E-state index in [-0.39, 0.29) is 0 Å². The molecule has 0 heterocycles. The molecule has 0 bridgehead atoms. The zero-order chi connectivity index (χ0) is 10.4. The third kappa shape index (κ3) is 3.58. The third-order valence-corrected chi connectivity index (χ3v) is 3.69. The highest BCUT2D eigenvalue weighted by Crippen LogP contribution is 2.40. The van der Waals surface area contributed by atoms with E-state index in [0.717, 1.165) is 13.0 Å². The lowest BCUT2D eigenvalue weighted by atomic mass is 9.83. The van der Waals surface area contributed by atoms with Gasteiger partial charge in [-0.15, -0.1) is 0 Å². The summed E-state index contributed by atoms with van der Waals surface area (Å²) in [7, 11) is 0. The summed E-state index contributed by atoms with van der Waals surface area (Å²) < 4.78 is 0. The van der Waals surface area contributed by atoms with Crippen LogP contribution in [0.5, 0.6) is 0 Å². The van der Waals surface area contributed by atoms with Gasteiger partial charge in [-0.3, -0.25) is 0 Å². The minimum atomic E-state index is 0.337. The molecule has 3 N–H and O–H groups in total. The average Bonchev–Trinajstić information content (AvgIpc) is 2.62. The number of rotatable bonds is 6. The van der Waals surface area contributed by atoms with Gasteiger partial charge in [0.2, 0.25) is 0 Å². The second kappa shape index (κ2) is 5.72. The average molecular weight is 198 g/mol. The molecule has 0 aromatic carbocycles. The predicted molar refractivity (Wildman–Crippen MR) is 62.3 cm³/mol. The fraction of sp³-hybridized carbons (Fsp3) is 1.00. The molecule has 1 atom stereocenters. The van der Waals surface area contributed by atoms with Crippen molar-refractivity contribution in [2.24, 2.45) is 11.1 Å². The summed E-state index contributed by atoms with van der Waals surface area (Å²) in [6, 6.07) is 0.337. The summed E-state index contributed by atoms with van der Waals surface area (Å²) in [5.74, 6) is 0. The van der Waals surface area contributed by atoms with Gasteiger partial charge in [0.1, 0.15) is 0 Å². The van der Waals surface area contributed by atoms with Crippen LogP contribution in [0.1, 0.15) is 52.4 Å². The third-order valence-electron chi connectivity index (χ3n) is 3.69. The van der Waals surface area contributed by atoms with E-state index in [1.165, 1.54) is 38.6 Å². The molecule has 1 aliphatic rings. The van der Waals surface area contributed by atoms with Crippen molar-refractivity contribution in [1.29, 1.82) is 0 Å². The minimum Gasteiger partial charge on any atom is -0.328 e. The Morgan fingerprint density at radius 2 is 2.00 bits per heavy atom. The van der Waals surface area contributed by atoms with Gasteiger partial charge in [-0.25, -0.2) is 0 Å².